The molecule has 0 saturated carbocycles. The second-order valence-corrected chi connectivity index (χ2v) is 6.46. The van der Waals surface area contributed by atoms with Gasteiger partial charge in [-0.2, -0.15) is 13.2 Å². The number of allylic oxidation sites excluding steroid dienone is 2. The number of aliphatic hydroxyl groups is 1. The van der Waals surface area contributed by atoms with Crippen molar-refractivity contribution in [2.24, 2.45) is 4.99 Å². The van der Waals surface area contributed by atoms with E-state index in [2.05, 4.69) is 4.99 Å². The van der Waals surface area contributed by atoms with Gasteiger partial charge >= 0.3 is 6.18 Å². The lowest BCUT2D eigenvalue weighted by Crippen LogP contribution is -2.21. The highest BCUT2D eigenvalue weighted by Crippen LogP contribution is 2.37. The molecule has 0 aliphatic heterocycles. The summed E-state index contributed by atoms with van der Waals surface area (Å²) in [6.45, 7) is 1.10. The predicted molar refractivity (Wildman–Crippen MR) is 90.0 cm³/mol. The Morgan fingerprint density at radius 3 is 2.58 bits per heavy atom. The third-order valence-electron chi connectivity index (χ3n) is 4.14. The molecule has 1 aliphatic carbocycles. The summed E-state index contributed by atoms with van der Waals surface area (Å²) in [6, 6.07) is 2.10. The van der Waals surface area contributed by atoms with E-state index in [0.29, 0.717) is 25.2 Å². The van der Waals surface area contributed by atoms with E-state index in [0.717, 1.165) is 6.07 Å². The van der Waals surface area contributed by atoms with Crippen LogP contribution in [-0.4, -0.2) is 49.2 Å². The van der Waals surface area contributed by atoms with Crippen LogP contribution in [0, 0.1) is 5.82 Å². The van der Waals surface area contributed by atoms with E-state index in [1.165, 1.54) is 6.21 Å². The monoisotopic (exact) mass is 372 g/mol. The molecule has 0 bridgehead atoms. The van der Waals surface area contributed by atoms with Gasteiger partial charge < -0.3 is 10.0 Å². The van der Waals surface area contributed by atoms with Crippen molar-refractivity contribution in [1.29, 1.82) is 0 Å². The van der Waals surface area contributed by atoms with Gasteiger partial charge in [-0.3, -0.25) is 9.79 Å². The third-order valence-corrected chi connectivity index (χ3v) is 4.14. The zero-order valence-corrected chi connectivity index (χ0v) is 14.5. The summed E-state index contributed by atoms with van der Waals surface area (Å²) in [5.74, 6) is -2.42. The van der Waals surface area contributed by atoms with Gasteiger partial charge in [0.15, 0.2) is 5.78 Å². The second-order valence-electron chi connectivity index (χ2n) is 6.46. The number of carbonyl (C=O) groups is 1. The maximum absolute atomic E-state index is 14.0. The summed E-state index contributed by atoms with van der Waals surface area (Å²) in [6.07, 6.45) is -3.63. The van der Waals surface area contributed by atoms with E-state index in [1.807, 2.05) is 19.0 Å². The quantitative estimate of drug-likeness (QED) is 0.633. The van der Waals surface area contributed by atoms with E-state index in [1.54, 1.807) is 0 Å². The van der Waals surface area contributed by atoms with E-state index in [9.17, 15) is 27.5 Å². The topological polar surface area (TPSA) is 52.9 Å². The molecule has 4 nitrogen and oxygen atoms in total. The number of likely N-dealkylation sites (N-methyl/N-ethyl adjacent to an activating group) is 1. The minimum atomic E-state index is -4.61. The molecular formula is C18H20F4N2O2. The summed E-state index contributed by atoms with van der Waals surface area (Å²) in [7, 11) is 3.73. The first-order valence-corrected chi connectivity index (χ1v) is 8.06. The highest BCUT2D eigenvalue weighted by atomic mass is 19.4. The van der Waals surface area contributed by atoms with Crippen molar-refractivity contribution in [2.75, 3.05) is 27.2 Å². The Balaban J connectivity index is 2.22. The lowest BCUT2D eigenvalue weighted by molar-refractivity contribution is -0.137. The van der Waals surface area contributed by atoms with Crippen LogP contribution in [0.25, 0.3) is 0 Å². The number of aliphatic hydroxyl groups excluding tert-OH is 1. The summed E-state index contributed by atoms with van der Waals surface area (Å²) >= 11 is 0. The van der Waals surface area contributed by atoms with Gasteiger partial charge in [0, 0.05) is 31.5 Å². The van der Waals surface area contributed by atoms with Crippen LogP contribution in [0.1, 0.15) is 29.9 Å². The number of hydrogen-bond donors (Lipinski definition) is 1. The molecular weight excluding hydrogens is 352 g/mol. The molecule has 0 saturated heterocycles. The van der Waals surface area contributed by atoms with E-state index in [-0.39, 0.29) is 29.7 Å². The van der Waals surface area contributed by atoms with Gasteiger partial charge in [-0.05, 0) is 37.9 Å². The Morgan fingerprint density at radius 2 is 2.00 bits per heavy atom. The minimum Gasteiger partial charge on any atom is -0.511 e. The van der Waals surface area contributed by atoms with Crippen molar-refractivity contribution in [3.63, 3.8) is 0 Å². The lowest BCUT2D eigenvalue weighted by Gasteiger charge is -2.23. The van der Waals surface area contributed by atoms with Crippen LogP contribution in [0.15, 0.2) is 34.5 Å². The first-order chi connectivity index (χ1) is 12.1. The zero-order valence-electron chi connectivity index (χ0n) is 14.5. The fourth-order valence-electron chi connectivity index (χ4n) is 2.72. The maximum Gasteiger partial charge on any atom is 0.416 e. The Labute approximate surface area is 148 Å². The smallest absolute Gasteiger partial charge is 0.416 e. The standard InChI is InChI=1S/C18H20F4N2O2/c1-24(2)6-5-23-10-14-16(25)7-11(8-17(14)26)13-9-12(18(20,21)22)3-4-15(13)19/h3-4,9-11,25H,5-8H2,1-2H3. The molecule has 26 heavy (non-hydrogen) atoms. The highest BCUT2D eigenvalue weighted by molar-refractivity contribution is 6.14. The molecule has 0 aromatic heterocycles. The average Bonchev–Trinajstić information content (AvgIpc) is 2.52. The van der Waals surface area contributed by atoms with Gasteiger partial charge in [0.1, 0.15) is 11.6 Å². The Hall–Kier alpha value is -2.22. The normalized spacial score (nSPS) is 19.0. The molecule has 0 heterocycles. The van der Waals surface area contributed by atoms with Crippen LogP contribution < -0.4 is 0 Å². The number of ketones is 1. The molecule has 142 valence electrons. The summed E-state index contributed by atoms with van der Waals surface area (Å²) in [4.78, 5) is 18.2. The van der Waals surface area contributed by atoms with Crippen LogP contribution in [0.2, 0.25) is 0 Å². The van der Waals surface area contributed by atoms with E-state index in [4.69, 9.17) is 0 Å². The largest absolute Gasteiger partial charge is 0.511 e. The van der Waals surface area contributed by atoms with Gasteiger partial charge in [-0.15, -0.1) is 0 Å². The van der Waals surface area contributed by atoms with Crippen LogP contribution in [0.4, 0.5) is 17.6 Å². The Bertz CT molecular complexity index is 739. The first kappa shape index (κ1) is 20.1. The van der Waals surface area contributed by atoms with Crippen LogP contribution in [0.3, 0.4) is 0 Å². The summed E-state index contributed by atoms with van der Waals surface area (Å²) < 4.78 is 52.5. The molecule has 1 atom stereocenters. The maximum atomic E-state index is 14.0. The van der Waals surface area contributed by atoms with Crippen molar-refractivity contribution in [1.82, 2.24) is 4.90 Å². The number of hydrogen-bond acceptors (Lipinski definition) is 4. The van der Waals surface area contributed by atoms with Crippen LogP contribution in [0.5, 0.6) is 0 Å². The molecule has 0 fully saturated rings. The molecule has 0 spiro atoms. The number of carbonyl (C=O) groups excluding carboxylic acids is 1. The molecule has 1 N–H and O–H groups in total. The minimum absolute atomic E-state index is 0.0346. The van der Waals surface area contributed by atoms with Gasteiger partial charge in [0.25, 0.3) is 0 Å². The van der Waals surface area contributed by atoms with Crippen molar-refractivity contribution in [3.8, 4) is 0 Å². The van der Waals surface area contributed by atoms with Crippen molar-refractivity contribution >= 4 is 12.0 Å². The van der Waals surface area contributed by atoms with Gasteiger partial charge in [-0.1, -0.05) is 0 Å². The average molecular weight is 372 g/mol. The SMILES string of the molecule is CN(C)CCN=CC1=C(O)CC(c2cc(C(F)(F)F)ccc2F)CC1=O. The fraction of sp³-hybridized carbons (Fsp3) is 0.444. The zero-order chi connectivity index (χ0) is 19.5. The van der Waals surface area contributed by atoms with Crippen LogP contribution >= 0.6 is 0 Å². The molecule has 0 radical (unpaired) electrons. The molecule has 1 unspecified atom stereocenters. The molecule has 8 heteroatoms. The van der Waals surface area contributed by atoms with Crippen molar-refractivity contribution in [2.45, 2.75) is 24.9 Å². The van der Waals surface area contributed by atoms with Crippen molar-refractivity contribution in [3.05, 3.63) is 46.5 Å². The first-order valence-electron chi connectivity index (χ1n) is 8.06. The molecule has 1 aromatic carbocycles. The second kappa shape index (κ2) is 7.99. The summed E-state index contributed by atoms with van der Waals surface area (Å²) in [5.41, 5.74) is -1.17. The van der Waals surface area contributed by atoms with Gasteiger partial charge in [0.2, 0.25) is 0 Å². The lowest BCUT2D eigenvalue weighted by atomic mass is 9.82. The number of alkyl halides is 3. The fourth-order valence-corrected chi connectivity index (χ4v) is 2.72. The number of nitrogens with zero attached hydrogens (tertiary/aromatic N) is 2. The molecule has 1 aliphatic rings. The highest BCUT2D eigenvalue weighted by Gasteiger charge is 2.34. The molecule has 1 aromatic rings. The molecule has 0 amide bonds. The van der Waals surface area contributed by atoms with Crippen molar-refractivity contribution < 1.29 is 27.5 Å². The Kier molecular flexibility index (Phi) is 6.17. The molecule has 2 rings (SSSR count). The number of halogens is 4. The van der Waals surface area contributed by atoms with Gasteiger partial charge in [-0.25, -0.2) is 4.39 Å². The third kappa shape index (κ3) is 4.91. The van der Waals surface area contributed by atoms with Crippen LogP contribution in [-0.2, 0) is 11.0 Å². The Morgan fingerprint density at radius 1 is 1.31 bits per heavy atom. The number of benzene rings is 1. The van der Waals surface area contributed by atoms with E-state index < -0.39 is 29.3 Å². The van der Waals surface area contributed by atoms with Gasteiger partial charge in [0.05, 0.1) is 17.7 Å². The number of rotatable bonds is 5. The van der Waals surface area contributed by atoms with E-state index >= 15 is 0 Å². The summed E-state index contributed by atoms with van der Waals surface area (Å²) in [5, 5.41) is 10.1. The number of aliphatic imine (C=N–C) groups is 1. The number of Topliss-reactive ketones (excluding diaryl/α,β-unsaturated/α-hetero) is 1. The predicted octanol–water partition coefficient (Wildman–Crippen LogP) is 3.74.